The van der Waals surface area contributed by atoms with Crippen LogP contribution in [0.4, 0.5) is 0 Å². The summed E-state index contributed by atoms with van der Waals surface area (Å²) in [6.45, 7) is 1.98. The molecule has 0 aliphatic heterocycles. The summed E-state index contributed by atoms with van der Waals surface area (Å²) in [5.74, 6) is -0.773. The molecule has 6 nitrogen and oxygen atoms in total. The molecular weight excluding hydrogens is 228 g/mol. The van der Waals surface area contributed by atoms with E-state index in [9.17, 15) is 4.79 Å². The number of hydrogen-bond acceptors (Lipinski definition) is 5. The highest BCUT2D eigenvalue weighted by Gasteiger charge is 2.29. The van der Waals surface area contributed by atoms with Gasteiger partial charge in [-0.2, -0.15) is 0 Å². The second-order valence-electron chi connectivity index (χ2n) is 3.88. The average molecular weight is 242 g/mol. The fourth-order valence-electron chi connectivity index (χ4n) is 1.42. The van der Waals surface area contributed by atoms with Crippen LogP contribution in [0.1, 0.15) is 38.6 Å². The third-order valence-corrected chi connectivity index (χ3v) is 3.80. The molecular formula is C9H14N4O2S. The molecule has 0 radical (unpaired) electrons. The Morgan fingerprint density at radius 2 is 2.44 bits per heavy atom. The van der Waals surface area contributed by atoms with E-state index in [1.165, 1.54) is 11.8 Å². The number of nitrogens with zero attached hydrogens (tertiary/aromatic N) is 4. The Morgan fingerprint density at radius 3 is 3.00 bits per heavy atom. The molecule has 7 heteroatoms. The van der Waals surface area contributed by atoms with E-state index in [2.05, 4.69) is 15.5 Å². The van der Waals surface area contributed by atoms with Gasteiger partial charge >= 0.3 is 5.97 Å². The first-order valence-corrected chi connectivity index (χ1v) is 6.25. The van der Waals surface area contributed by atoms with Crippen molar-refractivity contribution in [1.29, 1.82) is 0 Å². The molecule has 1 aliphatic rings. The summed E-state index contributed by atoms with van der Waals surface area (Å²) in [4.78, 5) is 10.7. The lowest BCUT2D eigenvalue weighted by Crippen LogP contribution is -2.10. The fraction of sp³-hybridized carbons (Fsp3) is 0.778. The van der Waals surface area contributed by atoms with Gasteiger partial charge in [-0.1, -0.05) is 18.7 Å². The fourth-order valence-corrected chi connectivity index (χ4v) is 2.49. The monoisotopic (exact) mass is 242 g/mol. The van der Waals surface area contributed by atoms with Crippen LogP contribution in [-0.2, 0) is 4.79 Å². The lowest BCUT2D eigenvalue weighted by atomic mass is 10.2. The predicted molar refractivity (Wildman–Crippen MR) is 58.3 cm³/mol. The maximum absolute atomic E-state index is 10.7. The molecule has 0 spiro atoms. The number of rotatable bonds is 6. The molecule has 16 heavy (non-hydrogen) atoms. The van der Waals surface area contributed by atoms with E-state index in [4.69, 9.17) is 5.11 Å². The summed E-state index contributed by atoms with van der Waals surface area (Å²) >= 11 is 1.46. The maximum Gasteiger partial charge on any atom is 0.304 e. The number of hydrogen-bond donors (Lipinski definition) is 1. The number of aliphatic carboxylic acids is 1. The van der Waals surface area contributed by atoms with Crippen molar-refractivity contribution in [2.45, 2.75) is 49.1 Å². The Hall–Kier alpha value is -1.11. The maximum atomic E-state index is 10.7. The minimum atomic E-state index is -0.773. The average Bonchev–Trinajstić information content (AvgIpc) is 2.98. The van der Waals surface area contributed by atoms with Gasteiger partial charge in [0, 0.05) is 5.25 Å². The molecule has 1 fully saturated rings. The third kappa shape index (κ3) is 2.72. The Morgan fingerprint density at radius 1 is 1.69 bits per heavy atom. The van der Waals surface area contributed by atoms with Crippen LogP contribution in [0.3, 0.4) is 0 Å². The van der Waals surface area contributed by atoms with E-state index in [0.717, 1.165) is 24.4 Å². The van der Waals surface area contributed by atoms with E-state index >= 15 is 0 Å². The van der Waals surface area contributed by atoms with Crippen molar-refractivity contribution >= 4 is 17.7 Å². The molecule has 1 saturated carbocycles. The first kappa shape index (κ1) is 11.4. The Labute approximate surface area is 97.4 Å². The van der Waals surface area contributed by atoms with Crippen molar-refractivity contribution in [3.8, 4) is 0 Å². The largest absolute Gasteiger partial charge is 0.481 e. The highest BCUT2D eigenvalue weighted by molar-refractivity contribution is 7.99. The molecule has 1 atom stereocenters. The first-order chi connectivity index (χ1) is 7.70. The Kier molecular flexibility index (Phi) is 3.42. The van der Waals surface area contributed by atoms with Gasteiger partial charge < -0.3 is 5.11 Å². The Bertz CT molecular complexity index is 377. The van der Waals surface area contributed by atoms with Crippen molar-refractivity contribution < 1.29 is 9.90 Å². The number of thioether (sulfide) groups is 1. The van der Waals surface area contributed by atoms with Gasteiger partial charge in [0.1, 0.15) is 0 Å². The van der Waals surface area contributed by atoms with Crippen LogP contribution in [-0.4, -0.2) is 36.5 Å². The molecule has 1 heterocycles. The summed E-state index contributed by atoms with van der Waals surface area (Å²) in [5.41, 5.74) is 0. The number of carboxylic acid groups (broad SMARTS) is 1. The highest BCUT2D eigenvalue weighted by Crippen LogP contribution is 2.37. The van der Waals surface area contributed by atoms with Crippen molar-refractivity contribution in [2.75, 3.05) is 0 Å². The van der Waals surface area contributed by atoms with Gasteiger partial charge in [-0.25, -0.2) is 4.68 Å². The van der Waals surface area contributed by atoms with Crippen molar-refractivity contribution in [3.63, 3.8) is 0 Å². The van der Waals surface area contributed by atoms with E-state index < -0.39 is 5.97 Å². The molecule has 1 aliphatic carbocycles. The van der Waals surface area contributed by atoms with Gasteiger partial charge in [-0.05, 0) is 29.7 Å². The van der Waals surface area contributed by atoms with Crippen LogP contribution in [0.15, 0.2) is 5.16 Å². The summed E-state index contributed by atoms with van der Waals surface area (Å²) in [5, 5.41) is 21.1. The Balaban J connectivity index is 2.00. The lowest BCUT2D eigenvalue weighted by Gasteiger charge is -2.10. The molecule has 1 unspecified atom stereocenters. The topological polar surface area (TPSA) is 80.9 Å². The predicted octanol–water partition coefficient (Wildman–Crippen LogP) is 1.35. The summed E-state index contributed by atoms with van der Waals surface area (Å²) in [6.07, 6.45) is 3.19. The van der Waals surface area contributed by atoms with Gasteiger partial charge in [0.2, 0.25) is 5.16 Å². The molecule has 0 amide bonds. The van der Waals surface area contributed by atoms with Crippen LogP contribution >= 0.6 is 11.8 Å². The molecule has 0 bridgehead atoms. The van der Waals surface area contributed by atoms with Gasteiger partial charge in [0.25, 0.3) is 0 Å². The summed E-state index contributed by atoms with van der Waals surface area (Å²) in [6, 6.07) is 0.430. The van der Waals surface area contributed by atoms with Crippen molar-refractivity contribution in [1.82, 2.24) is 20.2 Å². The summed E-state index contributed by atoms with van der Waals surface area (Å²) < 4.78 is 1.81. The molecule has 1 N–H and O–H groups in total. The molecule has 2 rings (SSSR count). The summed E-state index contributed by atoms with van der Waals surface area (Å²) in [7, 11) is 0. The van der Waals surface area contributed by atoms with Gasteiger partial charge in [-0.15, -0.1) is 5.10 Å². The minimum absolute atomic E-state index is 0.0426. The standard InChI is InChI=1S/C9H14N4O2S/c1-2-7(5-8(14)15)16-9-10-11-12-13(9)6-3-4-6/h6-7H,2-5H2,1H3,(H,14,15). The quantitative estimate of drug-likeness (QED) is 0.758. The molecule has 1 aromatic heterocycles. The normalized spacial score (nSPS) is 17.3. The van der Waals surface area contributed by atoms with E-state index in [1.54, 1.807) is 0 Å². The number of carboxylic acids is 1. The zero-order valence-corrected chi connectivity index (χ0v) is 9.85. The van der Waals surface area contributed by atoms with Crippen LogP contribution < -0.4 is 0 Å². The molecule has 1 aromatic rings. The second kappa shape index (κ2) is 4.82. The lowest BCUT2D eigenvalue weighted by molar-refractivity contribution is -0.136. The second-order valence-corrected chi connectivity index (χ2v) is 5.15. The molecule has 0 aromatic carbocycles. The van der Waals surface area contributed by atoms with Gasteiger partial charge in [-0.3, -0.25) is 4.79 Å². The van der Waals surface area contributed by atoms with Crippen molar-refractivity contribution in [2.24, 2.45) is 0 Å². The van der Waals surface area contributed by atoms with Crippen LogP contribution in [0.25, 0.3) is 0 Å². The zero-order valence-electron chi connectivity index (χ0n) is 9.04. The molecule has 88 valence electrons. The van der Waals surface area contributed by atoms with Gasteiger partial charge in [0.05, 0.1) is 12.5 Å². The zero-order chi connectivity index (χ0) is 11.5. The smallest absolute Gasteiger partial charge is 0.304 e. The third-order valence-electron chi connectivity index (χ3n) is 2.49. The van der Waals surface area contributed by atoms with E-state index in [-0.39, 0.29) is 11.7 Å². The van der Waals surface area contributed by atoms with Crippen LogP contribution in [0.5, 0.6) is 0 Å². The van der Waals surface area contributed by atoms with Crippen LogP contribution in [0, 0.1) is 0 Å². The number of tetrazole rings is 1. The van der Waals surface area contributed by atoms with E-state index in [0.29, 0.717) is 6.04 Å². The van der Waals surface area contributed by atoms with Gasteiger partial charge in [0.15, 0.2) is 0 Å². The number of aromatic nitrogens is 4. The minimum Gasteiger partial charge on any atom is -0.481 e. The van der Waals surface area contributed by atoms with Crippen LogP contribution in [0.2, 0.25) is 0 Å². The SMILES string of the molecule is CCC(CC(=O)O)Sc1nnnn1C1CC1. The molecule has 0 saturated heterocycles. The van der Waals surface area contributed by atoms with Crippen molar-refractivity contribution in [3.05, 3.63) is 0 Å². The first-order valence-electron chi connectivity index (χ1n) is 5.37. The van der Waals surface area contributed by atoms with E-state index in [1.807, 2.05) is 11.6 Å². The number of carbonyl (C=O) groups is 1. The highest BCUT2D eigenvalue weighted by atomic mass is 32.2.